The van der Waals surface area contributed by atoms with Gasteiger partial charge in [0.15, 0.2) is 11.6 Å². The van der Waals surface area contributed by atoms with E-state index in [0.717, 1.165) is 25.2 Å². The molecule has 3 heterocycles. The molecule has 0 amide bonds. The van der Waals surface area contributed by atoms with E-state index >= 15 is 0 Å². The molecule has 1 aliphatic heterocycles. The first-order chi connectivity index (χ1) is 15.6. The average molecular weight is 466 g/mol. The van der Waals surface area contributed by atoms with Gasteiger partial charge in [-0.05, 0) is 57.1 Å². The normalized spacial score (nSPS) is 29.6. The fourth-order valence-electron chi connectivity index (χ4n) is 5.84. The minimum Gasteiger partial charge on any atom is -0.402 e. The van der Waals surface area contributed by atoms with Crippen molar-refractivity contribution in [2.75, 3.05) is 25.9 Å². The zero-order chi connectivity index (χ0) is 23.5. The van der Waals surface area contributed by atoms with Gasteiger partial charge in [0, 0.05) is 55.7 Å². The lowest BCUT2D eigenvalue weighted by Gasteiger charge is -2.26. The highest BCUT2D eigenvalue weighted by Crippen LogP contribution is 2.64. The quantitative estimate of drug-likeness (QED) is 0.688. The molecule has 0 aromatic carbocycles. The molecule has 2 aliphatic carbocycles. The number of nitrogens with two attached hydrogens (primary N) is 1. The van der Waals surface area contributed by atoms with Crippen molar-refractivity contribution in [2.45, 2.75) is 63.6 Å². The molecule has 3 atom stereocenters. The Kier molecular flexibility index (Phi) is 5.55. The number of fused-ring (bicyclic) bond motifs is 1. The number of hydrogen-bond donors (Lipinski definition) is 1. The lowest BCUT2D eigenvalue weighted by Crippen LogP contribution is -2.33. The molecule has 1 saturated heterocycles. The van der Waals surface area contributed by atoms with Crippen molar-refractivity contribution in [2.24, 2.45) is 11.8 Å². The van der Waals surface area contributed by atoms with E-state index in [1.165, 1.54) is 25.1 Å². The van der Waals surface area contributed by atoms with Crippen molar-refractivity contribution in [3.63, 3.8) is 0 Å². The van der Waals surface area contributed by atoms with E-state index in [9.17, 15) is 13.2 Å². The summed E-state index contributed by atoms with van der Waals surface area (Å²) < 4.78 is 49.7. The van der Waals surface area contributed by atoms with Crippen LogP contribution in [0, 0.1) is 11.8 Å². The summed E-state index contributed by atoms with van der Waals surface area (Å²) in [6.07, 6.45) is 0.415. The summed E-state index contributed by atoms with van der Waals surface area (Å²) in [5, 5.41) is 4.73. The second-order valence-corrected chi connectivity index (χ2v) is 9.77. The highest BCUT2D eigenvalue weighted by Gasteiger charge is 2.59. The predicted molar refractivity (Wildman–Crippen MR) is 117 cm³/mol. The highest BCUT2D eigenvalue weighted by molar-refractivity contribution is 5.64. The molecular weight excluding hydrogens is 435 g/mol. The van der Waals surface area contributed by atoms with E-state index in [-0.39, 0.29) is 11.9 Å². The second kappa shape index (κ2) is 8.16. The standard InChI is InChI=1S/C23H30F3N5O2/c1-12(2)31-19(21-16-7-14(8-17(16)21)30-5-4-15(11-30)32-3)9-18(29-31)13-6-20(22(27)28-10-13)33-23(24,25)26/h6,9-10,12,14-17,21H,4-5,7-8,11H2,1-3H3,(H2,27,28)/t14?,15-,16?,17?,21?/m0/s1. The molecule has 2 saturated carbocycles. The second-order valence-electron chi connectivity index (χ2n) is 9.77. The van der Waals surface area contributed by atoms with Gasteiger partial charge < -0.3 is 15.2 Å². The van der Waals surface area contributed by atoms with Crippen LogP contribution >= 0.6 is 0 Å². The molecule has 0 radical (unpaired) electrons. The third-order valence-electron chi connectivity index (χ3n) is 7.44. The van der Waals surface area contributed by atoms with Crippen LogP contribution in [0.5, 0.6) is 5.75 Å². The number of pyridine rings is 1. The Labute approximate surface area is 191 Å². The molecule has 3 fully saturated rings. The lowest BCUT2D eigenvalue weighted by molar-refractivity contribution is -0.274. The highest BCUT2D eigenvalue weighted by atomic mass is 19.4. The summed E-state index contributed by atoms with van der Waals surface area (Å²) in [6, 6.07) is 4.02. The number of nitrogens with zero attached hydrogens (tertiary/aromatic N) is 4. The molecule has 3 aliphatic rings. The molecule has 2 unspecified atom stereocenters. The Bertz CT molecular complexity index is 1010. The van der Waals surface area contributed by atoms with Crippen molar-refractivity contribution in [3.05, 3.63) is 24.0 Å². The summed E-state index contributed by atoms with van der Waals surface area (Å²) >= 11 is 0. The molecule has 5 rings (SSSR count). The molecule has 2 aromatic heterocycles. The number of ether oxygens (including phenoxy) is 2. The van der Waals surface area contributed by atoms with Crippen molar-refractivity contribution in [1.82, 2.24) is 19.7 Å². The first-order valence-electron chi connectivity index (χ1n) is 11.5. The molecule has 180 valence electrons. The van der Waals surface area contributed by atoms with Crippen molar-refractivity contribution in [1.29, 1.82) is 0 Å². The van der Waals surface area contributed by atoms with Gasteiger partial charge in [-0.2, -0.15) is 5.10 Å². The molecular formula is C23H30F3N5O2. The Morgan fingerprint density at radius 1 is 1.18 bits per heavy atom. The summed E-state index contributed by atoms with van der Waals surface area (Å²) in [7, 11) is 1.79. The molecule has 2 aromatic rings. The predicted octanol–water partition coefficient (Wildman–Crippen LogP) is 4.22. The first kappa shape index (κ1) is 22.5. The van der Waals surface area contributed by atoms with Crippen LogP contribution in [0.4, 0.5) is 19.0 Å². The zero-order valence-electron chi connectivity index (χ0n) is 19.0. The van der Waals surface area contributed by atoms with Crippen LogP contribution in [0.1, 0.15) is 50.8 Å². The summed E-state index contributed by atoms with van der Waals surface area (Å²) in [4.78, 5) is 6.47. The molecule has 0 bridgehead atoms. The molecule has 0 spiro atoms. The van der Waals surface area contributed by atoms with E-state index < -0.39 is 12.1 Å². The average Bonchev–Trinajstić information content (AvgIpc) is 3.23. The van der Waals surface area contributed by atoms with Gasteiger partial charge in [-0.1, -0.05) is 0 Å². The third kappa shape index (κ3) is 4.30. The fraction of sp³-hybridized carbons (Fsp3) is 0.652. The Morgan fingerprint density at radius 2 is 1.91 bits per heavy atom. The number of hydrogen-bond acceptors (Lipinski definition) is 6. The van der Waals surface area contributed by atoms with Gasteiger partial charge in [-0.25, -0.2) is 4.98 Å². The lowest BCUT2D eigenvalue weighted by atomic mass is 10.0. The van der Waals surface area contributed by atoms with Gasteiger partial charge in [-0.3, -0.25) is 9.58 Å². The SMILES string of the molecule is CO[C@H]1CCN(C2CC3C(C2)C3c2cc(-c3cnc(N)c(OC(F)(F)F)c3)nn2C(C)C)C1. The smallest absolute Gasteiger partial charge is 0.402 e. The summed E-state index contributed by atoms with van der Waals surface area (Å²) in [6.45, 7) is 6.26. The van der Waals surface area contributed by atoms with E-state index in [4.69, 9.17) is 15.6 Å². The number of methoxy groups -OCH3 is 1. The van der Waals surface area contributed by atoms with E-state index in [2.05, 4.69) is 28.5 Å². The summed E-state index contributed by atoms with van der Waals surface area (Å²) in [5.74, 6) is 0.893. The Hall–Kier alpha value is -2.33. The van der Waals surface area contributed by atoms with Crippen LogP contribution in [-0.4, -0.2) is 58.4 Å². The number of rotatable bonds is 6. The van der Waals surface area contributed by atoms with Gasteiger partial charge in [0.05, 0.1) is 11.8 Å². The number of aromatic nitrogens is 3. The van der Waals surface area contributed by atoms with Crippen LogP contribution < -0.4 is 10.5 Å². The number of alkyl halides is 3. The number of anilines is 1. The maximum atomic E-state index is 12.7. The molecule has 2 N–H and O–H groups in total. The van der Waals surface area contributed by atoms with Crippen LogP contribution in [0.25, 0.3) is 11.3 Å². The van der Waals surface area contributed by atoms with E-state index in [1.807, 2.05) is 10.7 Å². The fourth-order valence-corrected chi connectivity index (χ4v) is 5.84. The van der Waals surface area contributed by atoms with Crippen LogP contribution in [-0.2, 0) is 4.74 Å². The number of nitrogen functional groups attached to an aromatic ring is 1. The van der Waals surface area contributed by atoms with Gasteiger partial charge >= 0.3 is 6.36 Å². The van der Waals surface area contributed by atoms with Crippen LogP contribution in [0.2, 0.25) is 0 Å². The molecule has 10 heteroatoms. The minimum absolute atomic E-state index is 0.138. The van der Waals surface area contributed by atoms with Gasteiger partial charge in [0.25, 0.3) is 0 Å². The van der Waals surface area contributed by atoms with Crippen molar-refractivity contribution in [3.8, 4) is 17.0 Å². The number of halogens is 3. The van der Waals surface area contributed by atoms with E-state index in [1.54, 1.807) is 7.11 Å². The maximum Gasteiger partial charge on any atom is 0.573 e. The van der Waals surface area contributed by atoms with E-state index in [0.29, 0.717) is 41.2 Å². The largest absolute Gasteiger partial charge is 0.573 e. The van der Waals surface area contributed by atoms with Crippen LogP contribution in [0.15, 0.2) is 18.3 Å². The molecule has 33 heavy (non-hydrogen) atoms. The van der Waals surface area contributed by atoms with Crippen LogP contribution in [0.3, 0.4) is 0 Å². The van der Waals surface area contributed by atoms with Gasteiger partial charge in [0.1, 0.15) is 0 Å². The zero-order valence-corrected chi connectivity index (χ0v) is 19.0. The topological polar surface area (TPSA) is 78.4 Å². The van der Waals surface area contributed by atoms with Crippen molar-refractivity contribution >= 4 is 5.82 Å². The Morgan fingerprint density at radius 3 is 2.52 bits per heavy atom. The molecule has 7 nitrogen and oxygen atoms in total. The first-order valence-corrected chi connectivity index (χ1v) is 11.5. The Balaban J connectivity index is 1.34. The van der Waals surface area contributed by atoms with Gasteiger partial charge in [0.2, 0.25) is 0 Å². The third-order valence-corrected chi connectivity index (χ3v) is 7.44. The monoisotopic (exact) mass is 465 g/mol. The number of likely N-dealkylation sites (tertiary alicyclic amines) is 1. The van der Waals surface area contributed by atoms with Crippen molar-refractivity contribution < 1.29 is 22.6 Å². The maximum absolute atomic E-state index is 12.7. The minimum atomic E-state index is -4.84. The summed E-state index contributed by atoms with van der Waals surface area (Å²) in [5.41, 5.74) is 7.78. The van der Waals surface area contributed by atoms with Gasteiger partial charge in [-0.15, -0.1) is 13.2 Å².